The van der Waals surface area contributed by atoms with Crippen LogP contribution in [0.1, 0.15) is 30.0 Å². The summed E-state index contributed by atoms with van der Waals surface area (Å²) in [5.74, 6) is -0.119. The minimum Gasteiger partial charge on any atom is -0.350 e. The number of amides is 2. The molecule has 0 saturated heterocycles. The summed E-state index contributed by atoms with van der Waals surface area (Å²) in [5, 5.41) is 16.0. The first kappa shape index (κ1) is 26.0. The van der Waals surface area contributed by atoms with Crippen molar-refractivity contribution in [3.05, 3.63) is 101 Å². The van der Waals surface area contributed by atoms with E-state index in [9.17, 15) is 9.59 Å². The number of tetrazole rings is 1. The Labute approximate surface area is 221 Å². The summed E-state index contributed by atoms with van der Waals surface area (Å²) < 4.78 is 0. The third-order valence-corrected chi connectivity index (χ3v) is 6.40. The van der Waals surface area contributed by atoms with Crippen molar-refractivity contribution in [3.8, 4) is 11.4 Å². The second-order valence-electron chi connectivity index (χ2n) is 8.75. The van der Waals surface area contributed by atoms with Crippen LogP contribution in [-0.4, -0.2) is 43.0 Å². The van der Waals surface area contributed by atoms with Gasteiger partial charge in [-0.15, -0.1) is 10.2 Å². The zero-order chi connectivity index (χ0) is 26.2. The number of rotatable bonds is 10. The van der Waals surface area contributed by atoms with E-state index in [-0.39, 0.29) is 24.9 Å². The van der Waals surface area contributed by atoms with Gasteiger partial charge in [0.1, 0.15) is 12.6 Å². The van der Waals surface area contributed by atoms with Crippen LogP contribution in [0.3, 0.4) is 0 Å². The van der Waals surface area contributed by atoms with Crippen LogP contribution in [0.2, 0.25) is 5.02 Å². The molecule has 0 radical (unpaired) electrons. The van der Waals surface area contributed by atoms with Crippen LogP contribution in [0, 0.1) is 6.92 Å². The van der Waals surface area contributed by atoms with E-state index in [2.05, 4.69) is 20.7 Å². The molecule has 9 heteroatoms. The summed E-state index contributed by atoms with van der Waals surface area (Å²) in [6, 6.07) is 24.0. The van der Waals surface area contributed by atoms with Crippen LogP contribution in [0.5, 0.6) is 0 Å². The maximum absolute atomic E-state index is 13.6. The first-order valence-electron chi connectivity index (χ1n) is 12.1. The Morgan fingerprint density at radius 1 is 1.00 bits per heavy atom. The molecule has 0 spiro atoms. The van der Waals surface area contributed by atoms with E-state index in [1.165, 1.54) is 9.70 Å². The molecule has 0 unspecified atom stereocenters. The number of benzene rings is 3. The summed E-state index contributed by atoms with van der Waals surface area (Å²) in [4.78, 5) is 29.6. The van der Waals surface area contributed by atoms with Gasteiger partial charge in [-0.05, 0) is 35.8 Å². The van der Waals surface area contributed by atoms with Crippen molar-refractivity contribution in [3.63, 3.8) is 0 Å². The van der Waals surface area contributed by atoms with E-state index in [1.54, 1.807) is 6.07 Å². The highest BCUT2D eigenvalue weighted by molar-refractivity contribution is 6.31. The highest BCUT2D eigenvalue weighted by Gasteiger charge is 2.29. The fourth-order valence-corrected chi connectivity index (χ4v) is 4.17. The molecule has 1 heterocycles. The standard InChI is InChI=1S/C28H29ClN6O2/c1-3-25(28(37)30-17-21-9-5-4-6-10-21)34(18-23-11-7-8-12-24(23)29)26(36)19-35-32-27(31-33-35)22-15-13-20(2)14-16-22/h4-16,25H,3,17-19H2,1-2H3,(H,30,37)/t25-/m0/s1. The molecule has 1 aromatic heterocycles. The van der Waals surface area contributed by atoms with Gasteiger partial charge in [0.2, 0.25) is 17.6 Å². The predicted octanol–water partition coefficient (Wildman–Crippen LogP) is 4.43. The molecule has 4 aromatic rings. The number of halogens is 1. The van der Waals surface area contributed by atoms with Gasteiger partial charge in [0.15, 0.2) is 0 Å². The minimum atomic E-state index is -0.701. The Hall–Kier alpha value is -4.04. The van der Waals surface area contributed by atoms with E-state index >= 15 is 0 Å². The van der Waals surface area contributed by atoms with E-state index < -0.39 is 6.04 Å². The Bertz CT molecular complexity index is 1340. The molecule has 2 amide bonds. The summed E-state index contributed by atoms with van der Waals surface area (Å²) in [5.41, 5.74) is 3.66. The molecule has 37 heavy (non-hydrogen) atoms. The third-order valence-electron chi connectivity index (χ3n) is 6.03. The lowest BCUT2D eigenvalue weighted by molar-refractivity contribution is -0.142. The molecule has 1 atom stereocenters. The van der Waals surface area contributed by atoms with Crippen molar-refractivity contribution in [2.24, 2.45) is 0 Å². The van der Waals surface area contributed by atoms with Crippen molar-refractivity contribution >= 4 is 23.4 Å². The maximum atomic E-state index is 13.6. The summed E-state index contributed by atoms with van der Waals surface area (Å²) in [7, 11) is 0. The second-order valence-corrected chi connectivity index (χ2v) is 9.16. The molecular formula is C28H29ClN6O2. The number of carbonyl (C=O) groups excluding carboxylic acids is 2. The number of hydrogen-bond donors (Lipinski definition) is 1. The average Bonchev–Trinajstić information content (AvgIpc) is 3.37. The number of nitrogens with one attached hydrogen (secondary N) is 1. The average molecular weight is 517 g/mol. The van der Waals surface area contributed by atoms with Gasteiger partial charge in [0, 0.05) is 23.7 Å². The van der Waals surface area contributed by atoms with Gasteiger partial charge in [-0.2, -0.15) is 4.80 Å². The minimum absolute atomic E-state index is 0.161. The lowest BCUT2D eigenvalue weighted by atomic mass is 10.1. The molecule has 0 fully saturated rings. The zero-order valence-electron chi connectivity index (χ0n) is 20.8. The van der Waals surface area contributed by atoms with Gasteiger partial charge < -0.3 is 10.2 Å². The zero-order valence-corrected chi connectivity index (χ0v) is 21.6. The molecule has 3 aromatic carbocycles. The highest BCUT2D eigenvalue weighted by atomic mass is 35.5. The lowest BCUT2D eigenvalue weighted by Crippen LogP contribution is -2.49. The van der Waals surface area contributed by atoms with Crippen LogP contribution in [-0.2, 0) is 29.2 Å². The fourth-order valence-electron chi connectivity index (χ4n) is 3.97. The molecule has 0 aliphatic heterocycles. The largest absolute Gasteiger partial charge is 0.350 e. The highest BCUT2D eigenvalue weighted by Crippen LogP contribution is 2.20. The maximum Gasteiger partial charge on any atom is 0.247 e. The number of hydrogen-bond acceptors (Lipinski definition) is 5. The van der Waals surface area contributed by atoms with Crippen molar-refractivity contribution in [2.45, 2.75) is 45.9 Å². The van der Waals surface area contributed by atoms with Gasteiger partial charge in [0.05, 0.1) is 0 Å². The third kappa shape index (κ3) is 6.80. The van der Waals surface area contributed by atoms with E-state index in [1.807, 2.05) is 86.6 Å². The van der Waals surface area contributed by atoms with E-state index in [4.69, 9.17) is 11.6 Å². The molecular weight excluding hydrogens is 488 g/mol. The van der Waals surface area contributed by atoms with Gasteiger partial charge in [-0.1, -0.05) is 96.9 Å². The molecule has 0 aliphatic rings. The second kappa shape index (κ2) is 12.3. The van der Waals surface area contributed by atoms with Crippen LogP contribution in [0.25, 0.3) is 11.4 Å². The van der Waals surface area contributed by atoms with Crippen molar-refractivity contribution in [1.82, 2.24) is 30.4 Å². The number of carbonyl (C=O) groups is 2. The Balaban J connectivity index is 1.54. The normalized spacial score (nSPS) is 11.6. The summed E-state index contributed by atoms with van der Waals surface area (Å²) in [6.45, 7) is 4.26. The predicted molar refractivity (Wildman–Crippen MR) is 142 cm³/mol. The van der Waals surface area contributed by atoms with Gasteiger partial charge >= 0.3 is 0 Å². The van der Waals surface area contributed by atoms with Gasteiger partial charge in [-0.3, -0.25) is 9.59 Å². The van der Waals surface area contributed by atoms with E-state index in [0.717, 1.165) is 22.3 Å². The smallest absolute Gasteiger partial charge is 0.247 e. The molecule has 0 saturated carbocycles. The summed E-state index contributed by atoms with van der Waals surface area (Å²) in [6.07, 6.45) is 0.427. The monoisotopic (exact) mass is 516 g/mol. The molecule has 1 N–H and O–H groups in total. The van der Waals surface area contributed by atoms with Crippen LogP contribution < -0.4 is 5.32 Å². The molecule has 4 rings (SSSR count). The van der Waals surface area contributed by atoms with Crippen LogP contribution >= 0.6 is 11.6 Å². The Kier molecular flexibility index (Phi) is 8.64. The number of aryl methyl sites for hydroxylation is 1. The van der Waals surface area contributed by atoms with Crippen molar-refractivity contribution < 1.29 is 9.59 Å². The molecule has 0 bridgehead atoms. The number of aromatic nitrogens is 4. The molecule has 0 aliphatic carbocycles. The number of nitrogens with zero attached hydrogens (tertiary/aromatic N) is 5. The quantitative estimate of drug-likeness (QED) is 0.336. The van der Waals surface area contributed by atoms with Crippen LogP contribution in [0.15, 0.2) is 78.9 Å². The van der Waals surface area contributed by atoms with Crippen LogP contribution in [0.4, 0.5) is 0 Å². The Morgan fingerprint density at radius 3 is 2.41 bits per heavy atom. The van der Waals surface area contributed by atoms with Gasteiger partial charge in [0.25, 0.3) is 0 Å². The SMILES string of the molecule is CC[C@@H](C(=O)NCc1ccccc1)N(Cc1ccccc1Cl)C(=O)Cn1nnc(-c2ccc(C)cc2)n1. The molecule has 8 nitrogen and oxygen atoms in total. The van der Waals surface area contributed by atoms with Gasteiger partial charge in [-0.25, -0.2) is 0 Å². The van der Waals surface area contributed by atoms with E-state index in [0.29, 0.717) is 23.8 Å². The van der Waals surface area contributed by atoms with Crippen molar-refractivity contribution in [2.75, 3.05) is 0 Å². The summed E-state index contributed by atoms with van der Waals surface area (Å²) >= 11 is 6.41. The first-order valence-corrected chi connectivity index (χ1v) is 12.5. The van der Waals surface area contributed by atoms with Crippen molar-refractivity contribution in [1.29, 1.82) is 0 Å². The Morgan fingerprint density at radius 2 is 1.70 bits per heavy atom. The lowest BCUT2D eigenvalue weighted by Gasteiger charge is -2.30. The first-order chi connectivity index (χ1) is 17.9. The topological polar surface area (TPSA) is 93.0 Å². The fraction of sp³-hybridized carbons (Fsp3) is 0.250. The molecule has 190 valence electrons.